The number of nitrogen functional groups attached to an aromatic ring is 1. The maximum Gasteiger partial charge on any atom is 0.221 e. The third kappa shape index (κ3) is 2.66. The Kier molecular flexibility index (Phi) is 3.44. The lowest BCUT2D eigenvalue weighted by molar-refractivity contribution is 0.967. The Hall–Kier alpha value is -2.24. The number of nitrogens with one attached hydrogen (secondary N) is 1. The monoisotopic (exact) mass is 230 g/mol. The summed E-state index contributed by atoms with van der Waals surface area (Å²) in [6.07, 6.45) is 7.62. The van der Waals surface area contributed by atoms with E-state index in [2.05, 4.69) is 32.2 Å². The first-order chi connectivity index (χ1) is 8.31. The Labute approximate surface area is 99.4 Å². The summed E-state index contributed by atoms with van der Waals surface area (Å²) in [6, 6.07) is 0. The van der Waals surface area contributed by atoms with Crippen molar-refractivity contribution in [1.29, 1.82) is 0 Å². The van der Waals surface area contributed by atoms with Crippen molar-refractivity contribution in [3.63, 3.8) is 0 Å². The number of rotatable bonds is 4. The fourth-order valence-electron chi connectivity index (χ4n) is 1.42. The Bertz CT molecular complexity index is 485. The van der Waals surface area contributed by atoms with Crippen LogP contribution in [0.3, 0.4) is 0 Å². The number of hydrogen-bond acceptors (Lipinski definition) is 6. The normalized spacial score (nSPS) is 10.2. The average Bonchev–Trinajstić information content (AvgIpc) is 2.37. The van der Waals surface area contributed by atoms with Crippen LogP contribution in [-0.4, -0.2) is 26.5 Å². The van der Waals surface area contributed by atoms with Gasteiger partial charge in [0.15, 0.2) is 0 Å². The quantitative estimate of drug-likeness (QED) is 0.823. The highest BCUT2D eigenvalue weighted by atomic mass is 15.1. The van der Waals surface area contributed by atoms with Crippen LogP contribution in [0.5, 0.6) is 0 Å². The van der Waals surface area contributed by atoms with Gasteiger partial charge in [-0.15, -0.1) is 0 Å². The second kappa shape index (κ2) is 5.20. The van der Waals surface area contributed by atoms with Gasteiger partial charge in [-0.25, -0.2) is 15.0 Å². The molecular formula is C11H14N6. The molecule has 2 rings (SSSR count). The van der Waals surface area contributed by atoms with E-state index in [-0.39, 0.29) is 5.95 Å². The van der Waals surface area contributed by atoms with Gasteiger partial charge in [0, 0.05) is 36.3 Å². The summed E-state index contributed by atoms with van der Waals surface area (Å²) in [5.74, 6) is 0.971. The van der Waals surface area contributed by atoms with E-state index in [9.17, 15) is 0 Å². The summed E-state index contributed by atoms with van der Waals surface area (Å²) in [5, 5.41) is 3.22. The van der Waals surface area contributed by atoms with Crippen molar-refractivity contribution in [2.45, 2.75) is 13.3 Å². The standard InChI is InChI=1S/C11H14N6/c1-2-3-15-10-9(6-16-11(12)17-10)8-4-13-7-14-5-8/h4-7H,2-3H2,1H3,(H3,12,15,16,17). The van der Waals surface area contributed by atoms with Crippen LogP contribution in [0.2, 0.25) is 0 Å². The van der Waals surface area contributed by atoms with Crippen LogP contribution in [0, 0.1) is 0 Å². The van der Waals surface area contributed by atoms with Crippen molar-refractivity contribution in [1.82, 2.24) is 19.9 Å². The van der Waals surface area contributed by atoms with Crippen LogP contribution in [0.1, 0.15) is 13.3 Å². The van der Waals surface area contributed by atoms with Gasteiger partial charge in [0.1, 0.15) is 12.1 Å². The van der Waals surface area contributed by atoms with Crippen LogP contribution >= 0.6 is 0 Å². The Morgan fingerprint density at radius 3 is 2.71 bits per heavy atom. The van der Waals surface area contributed by atoms with Crippen molar-refractivity contribution in [2.24, 2.45) is 0 Å². The summed E-state index contributed by atoms with van der Waals surface area (Å²) in [5.41, 5.74) is 7.31. The number of nitrogens with two attached hydrogens (primary N) is 1. The molecule has 0 atom stereocenters. The predicted molar refractivity (Wildman–Crippen MR) is 66.3 cm³/mol. The van der Waals surface area contributed by atoms with Crippen LogP contribution < -0.4 is 11.1 Å². The lowest BCUT2D eigenvalue weighted by atomic mass is 10.1. The summed E-state index contributed by atoms with van der Waals surface area (Å²) in [6.45, 7) is 2.92. The summed E-state index contributed by atoms with van der Waals surface area (Å²) in [7, 11) is 0. The summed E-state index contributed by atoms with van der Waals surface area (Å²) in [4.78, 5) is 16.1. The molecule has 0 bridgehead atoms. The average molecular weight is 230 g/mol. The maximum atomic E-state index is 5.58. The SMILES string of the molecule is CCCNc1nc(N)ncc1-c1cncnc1. The second-order valence-corrected chi connectivity index (χ2v) is 3.54. The van der Waals surface area contributed by atoms with Crippen LogP contribution in [0.4, 0.5) is 11.8 Å². The molecule has 0 aliphatic carbocycles. The number of anilines is 2. The summed E-state index contributed by atoms with van der Waals surface area (Å²) < 4.78 is 0. The zero-order valence-corrected chi connectivity index (χ0v) is 9.59. The Morgan fingerprint density at radius 2 is 2.00 bits per heavy atom. The van der Waals surface area contributed by atoms with Crippen molar-refractivity contribution in [3.8, 4) is 11.1 Å². The Balaban J connectivity index is 2.39. The van der Waals surface area contributed by atoms with Gasteiger partial charge in [0.2, 0.25) is 5.95 Å². The van der Waals surface area contributed by atoms with E-state index >= 15 is 0 Å². The van der Waals surface area contributed by atoms with Crippen molar-refractivity contribution in [2.75, 3.05) is 17.6 Å². The first kappa shape index (κ1) is 11.3. The Morgan fingerprint density at radius 1 is 1.24 bits per heavy atom. The largest absolute Gasteiger partial charge is 0.369 e. The van der Waals surface area contributed by atoms with Gasteiger partial charge in [0.05, 0.1) is 0 Å². The van der Waals surface area contributed by atoms with E-state index in [0.29, 0.717) is 5.82 Å². The van der Waals surface area contributed by atoms with Gasteiger partial charge in [-0.05, 0) is 6.42 Å². The fraction of sp³-hybridized carbons (Fsp3) is 0.273. The van der Waals surface area contributed by atoms with E-state index in [1.807, 2.05) is 0 Å². The van der Waals surface area contributed by atoms with E-state index in [1.165, 1.54) is 6.33 Å². The molecule has 0 unspecified atom stereocenters. The molecule has 2 heterocycles. The number of aromatic nitrogens is 4. The van der Waals surface area contributed by atoms with Crippen molar-refractivity contribution < 1.29 is 0 Å². The molecule has 0 amide bonds. The lowest BCUT2D eigenvalue weighted by Crippen LogP contribution is -2.06. The molecule has 6 heteroatoms. The van der Waals surface area contributed by atoms with Gasteiger partial charge < -0.3 is 11.1 Å². The molecule has 2 aromatic rings. The molecular weight excluding hydrogens is 216 g/mol. The molecule has 2 aromatic heterocycles. The first-order valence-electron chi connectivity index (χ1n) is 5.43. The minimum atomic E-state index is 0.254. The van der Waals surface area contributed by atoms with Crippen LogP contribution in [-0.2, 0) is 0 Å². The molecule has 0 saturated carbocycles. The molecule has 0 fully saturated rings. The highest BCUT2D eigenvalue weighted by Crippen LogP contribution is 2.24. The predicted octanol–water partition coefficient (Wildman–Crippen LogP) is 1.34. The minimum absolute atomic E-state index is 0.254. The zero-order valence-electron chi connectivity index (χ0n) is 9.59. The molecule has 6 nitrogen and oxygen atoms in total. The molecule has 0 aromatic carbocycles. The van der Waals surface area contributed by atoms with Crippen molar-refractivity contribution >= 4 is 11.8 Å². The van der Waals surface area contributed by atoms with Crippen LogP contribution in [0.25, 0.3) is 11.1 Å². The van der Waals surface area contributed by atoms with Crippen LogP contribution in [0.15, 0.2) is 24.9 Å². The highest BCUT2D eigenvalue weighted by Gasteiger charge is 2.08. The second-order valence-electron chi connectivity index (χ2n) is 3.54. The molecule has 88 valence electrons. The van der Waals surface area contributed by atoms with E-state index in [0.717, 1.165) is 24.1 Å². The summed E-state index contributed by atoms with van der Waals surface area (Å²) >= 11 is 0. The number of nitrogens with zero attached hydrogens (tertiary/aromatic N) is 4. The molecule has 17 heavy (non-hydrogen) atoms. The third-order valence-electron chi connectivity index (χ3n) is 2.22. The molecule has 0 radical (unpaired) electrons. The van der Waals surface area contributed by atoms with Gasteiger partial charge in [-0.2, -0.15) is 4.98 Å². The molecule has 3 N–H and O–H groups in total. The van der Waals surface area contributed by atoms with Gasteiger partial charge in [-0.1, -0.05) is 6.92 Å². The molecule has 0 aliphatic rings. The van der Waals surface area contributed by atoms with Gasteiger partial charge >= 0.3 is 0 Å². The van der Waals surface area contributed by atoms with Crippen molar-refractivity contribution in [3.05, 3.63) is 24.9 Å². The first-order valence-corrected chi connectivity index (χ1v) is 5.43. The van der Waals surface area contributed by atoms with E-state index in [4.69, 9.17) is 5.73 Å². The van der Waals surface area contributed by atoms with Gasteiger partial charge in [-0.3, -0.25) is 0 Å². The zero-order chi connectivity index (χ0) is 12.1. The molecule has 0 saturated heterocycles. The smallest absolute Gasteiger partial charge is 0.221 e. The maximum absolute atomic E-state index is 5.58. The number of hydrogen-bond donors (Lipinski definition) is 2. The third-order valence-corrected chi connectivity index (χ3v) is 2.22. The van der Waals surface area contributed by atoms with E-state index < -0.39 is 0 Å². The lowest BCUT2D eigenvalue weighted by Gasteiger charge is -2.09. The van der Waals surface area contributed by atoms with E-state index in [1.54, 1.807) is 18.6 Å². The topological polar surface area (TPSA) is 89.6 Å². The molecule has 0 spiro atoms. The molecule has 0 aliphatic heterocycles. The minimum Gasteiger partial charge on any atom is -0.369 e. The highest BCUT2D eigenvalue weighted by molar-refractivity contribution is 5.73. The van der Waals surface area contributed by atoms with Gasteiger partial charge in [0.25, 0.3) is 0 Å². The fourth-order valence-corrected chi connectivity index (χ4v) is 1.42.